The maximum atomic E-state index is 13.9. The molecule has 2 N–H and O–H groups in total. The number of carboxylic acids is 1. The van der Waals surface area contributed by atoms with Gasteiger partial charge in [0.05, 0.1) is 17.5 Å². The number of nitrogens with one attached hydrogen (secondary N) is 1. The van der Waals surface area contributed by atoms with Gasteiger partial charge in [-0.05, 0) is 42.8 Å². The van der Waals surface area contributed by atoms with Crippen molar-refractivity contribution in [3.8, 4) is 5.40 Å². The quantitative estimate of drug-likeness (QED) is 0.505. The van der Waals surface area contributed by atoms with Crippen molar-refractivity contribution >= 4 is 29.3 Å². The van der Waals surface area contributed by atoms with Gasteiger partial charge in [-0.15, -0.1) is 0 Å². The van der Waals surface area contributed by atoms with Crippen molar-refractivity contribution in [2.45, 2.75) is 17.7 Å². The van der Waals surface area contributed by atoms with E-state index in [1.807, 2.05) is 5.40 Å². The molecule has 0 saturated heterocycles. The Morgan fingerprint density at radius 1 is 1.32 bits per heavy atom. The Balaban J connectivity index is 2.13. The first-order valence-electron chi connectivity index (χ1n) is 6.57. The van der Waals surface area contributed by atoms with Crippen LogP contribution in [0, 0.1) is 28.3 Å². The van der Waals surface area contributed by atoms with Crippen LogP contribution in [0.25, 0.3) is 0 Å². The van der Waals surface area contributed by atoms with E-state index in [1.54, 1.807) is 12.2 Å². The molecule has 7 heteroatoms. The number of nitrogens with zero attached hydrogens (tertiary/aromatic N) is 1. The van der Waals surface area contributed by atoms with Crippen molar-refractivity contribution in [2.24, 2.45) is 11.8 Å². The standard InChI is InChI=1S/C15H13FN2O3S/c16-12-7-9(22-8-17)5-6-13(12)18-14(19)10-3-1-2-4-11(10)15(20)21/h1-2,5-7,10-11H,3-4H2,(H,18,19)(H,20,21)/t10-,11+/m0/s1. The predicted molar refractivity (Wildman–Crippen MR) is 79.5 cm³/mol. The molecule has 0 saturated carbocycles. The average Bonchev–Trinajstić information content (AvgIpc) is 2.50. The number of hydrogen-bond acceptors (Lipinski definition) is 4. The van der Waals surface area contributed by atoms with Crippen molar-refractivity contribution in [3.05, 3.63) is 36.2 Å². The first kappa shape index (κ1) is 16.0. The topological polar surface area (TPSA) is 90.2 Å². The normalized spacial score (nSPS) is 20.2. The molecular formula is C15H13FN2O3S. The summed E-state index contributed by atoms with van der Waals surface area (Å²) >= 11 is 0.815. The largest absolute Gasteiger partial charge is 0.481 e. The monoisotopic (exact) mass is 320 g/mol. The molecule has 5 nitrogen and oxygen atoms in total. The van der Waals surface area contributed by atoms with E-state index in [4.69, 9.17) is 10.4 Å². The Hall–Kier alpha value is -2.33. The van der Waals surface area contributed by atoms with Crippen LogP contribution in [0.2, 0.25) is 0 Å². The lowest BCUT2D eigenvalue weighted by atomic mass is 9.82. The molecular weight excluding hydrogens is 307 g/mol. The lowest BCUT2D eigenvalue weighted by Crippen LogP contribution is -2.34. The molecule has 0 fully saturated rings. The van der Waals surface area contributed by atoms with Gasteiger partial charge in [-0.1, -0.05) is 12.2 Å². The van der Waals surface area contributed by atoms with E-state index in [0.29, 0.717) is 11.3 Å². The molecule has 1 aromatic rings. The minimum Gasteiger partial charge on any atom is -0.481 e. The number of halogens is 1. The zero-order valence-corrected chi connectivity index (χ0v) is 12.3. The zero-order valence-electron chi connectivity index (χ0n) is 11.5. The minimum absolute atomic E-state index is 0.0222. The summed E-state index contributed by atoms with van der Waals surface area (Å²) in [5.41, 5.74) is -0.0222. The summed E-state index contributed by atoms with van der Waals surface area (Å²) in [6, 6.07) is 4.03. The lowest BCUT2D eigenvalue weighted by molar-refractivity contribution is -0.146. The number of rotatable bonds is 4. The van der Waals surface area contributed by atoms with Crippen LogP contribution in [-0.4, -0.2) is 17.0 Å². The molecule has 1 aromatic carbocycles. The number of aliphatic carboxylic acids is 1. The molecule has 1 amide bonds. The molecule has 22 heavy (non-hydrogen) atoms. The van der Waals surface area contributed by atoms with Gasteiger partial charge in [0, 0.05) is 4.90 Å². The summed E-state index contributed by atoms with van der Waals surface area (Å²) < 4.78 is 13.9. The molecule has 114 valence electrons. The van der Waals surface area contributed by atoms with Crippen molar-refractivity contribution in [1.82, 2.24) is 0 Å². The zero-order chi connectivity index (χ0) is 16.1. The Labute approximate surface area is 130 Å². The highest BCUT2D eigenvalue weighted by Crippen LogP contribution is 2.28. The third kappa shape index (κ3) is 3.65. The number of anilines is 1. The first-order valence-corrected chi connectivity index (χ1v) is 7.38. The number of carboxylic acid groups (broad SMARTS) is 1. The molecule has 0 heterocycles. The number of carbonyl (C=O) groups is 2. The number of hydrogen-bond donors (Lipinski definition) is 2. The fourth-order valence-corrected chi connectivity index (χ4v) is 2.72. The number of nitriles is 1. The van der Waals surface area contributed by atoms with Crippen LogP contribution < -0.4 is 5.32 Å². The lowest BCUT2D eigenvalue weighted by Gasteiger charge is -2.24. The van der Waals surface area contributed by atoms with Crippen LogP contribution in [-0.2, 0) is 9.59 Å². The fourth-order valence-electron chi connectivity index (χ4n) is 2.32. The summed E-state index contributed by atoms with van der Waals surface area (Å²) in [5.74, 6) is -3.74. The summed E-state index contributed by atoms with van der Waals surface area (Å²) in [7, 11) is 0. The van der Waals surface area contributed by atoms with E-state index >= 15 is 0 Å². The van der Waals surface area contributed by atoms with Crippen LogP contribution in [0.1, 0.15) is 12.8 Å². The van der Waals surface area contributed by atoms with Gasteiger partial charge in [-0.2, -0.15) is 5.26 Å². The summed E-state index contributed by atoms with van der Waals surface area (Å²) in [6.07, 6.45) is 4.09. The molecule has 0 unspecified atom stereocenters. The van der Waals surface area contributed by atoms with E-state index in [-0.39, 0.29) is 12.1 Å². The molecule has 0 spiro atoms. The SMILES string of the molecule is N#CSc1ccc(NC(=O)[C@H]2CC=CC[C@H]2C(=O)O)c(F)c1. The first-order chi connectivity index (χ1) is 10.5. The van der Waals surface area contributed by atoms with E-state index in [9.17, 15) is 14.0 Å². The van der Waals surface area contributed by atoms with Crippen molar-refractivity contribution in [1.29, 1.82) is 5.26 Å². The van der Waals surface area contributed by atoms with E-state index in [2.05, 4.69) is 5.32 Å². The summed E-state index contributed by atoms with van der Waals surface area (Å²) in [5, 5.41) is 21.9. The second-order valence-corrected chi connectivity index (χ2v) is 5.68. The smallest absolute Gasteiger partial charge is 0.307 e. The molecule has 0 aliphatic heterocycles. The van der Waals surface area contributed by atoms with Gasteiger partial charge in [0.15, 0.2) is 0 Å². The Bertz CT molecular complexity index is 669. The van der Waals surface area contributed by atoms with Crippen molar-refractivity contribution in [2.75, 3.05) is 5.32 Å². The van der Waals surface area contributed by atoms with Crippen molar-refractivity contribution in [3.63, 3.8) is 0 Å². The van der Waals surface area contributed by atoms with Crippen LogP contribution >= 0.6 is 11.8 Å². The van der Waals surface area contributed by atoms with E-state index < -0.39 is 29.5 Å². The predicted octanol–water partition coefficient (Wildman–Crippen LogP) is 3.00. The third-order valence-corrected chi connectivity index (χ3v) is 4.03. The highest BCUT2D eigenvalue weighted by molar-refractivity contribution is 8.03. The van der Waals surface area contributed by atoms with E-state index in [1.165, 1.54) is 12.1 Å². The molecule has 0 radical (unpaired) electrons. The Kier molecular flexibility index (Phi) is 5.17. The number of carbonyl (C=O) groups excluding carboxylic acids is 1. The second kappa shape index (κ2) is 7.09. The Morgan fingerprint density at radius 3 is 2.59 bits per heavy atom. The third-order valence-electron chi connectivity index (χ3n) is 3.45. The van der Waals surface area contributed by atoms with Crippen LogP contribution in [0.3, 0.4) is 0 Å². The second-order valence-electron chi connectivity index (χ2n) is 4.82. The summed E-state index contributed by atoms with van der Waals surface area (Å²) in [4.78, 5) is 23.8. The van der Waals surface area contributed by atoms with Crippen molar-refractivity contribution < 1.29 is 19.1 Å². The maximum Gasteiger partial charge on any atom is 0.307 e. The summed E-state index contributed by atoms with van der Waals surface area (Å²) in [6.45, 7) is 0. The van der Waals surface area contributed by atoms with E-state index in [0.717, 1.165) is 17.8 Å². The number of thioether (sulfide) groups is 1. The van der Waals surface area contributed by atoms with Gasteiger partial charge in [-0.3, -0.25) is 9.59 Å². The highest BCUT2D eigenvalue weighted by atomic mass is 32.2. The molecule has 1 aliphatic rings. The van der Waals surface area contributed by atoms with Gasteiger partial charge in [0.1, 0.15) is 11.2 Å². The van der Waals surface area contributed by atoms with Gasteiger partial charge >= 0.3 is 5.97 Å². The van der Waals surface area contributed by atoms with Crippen LogP contribution in [0.15, 0.2) is 35.2 Å². The van der Waals surface area contributed by atoms with Crippen LogP contribution in [0.4, 0.5) is 10.1 Å². The van der Waals surface area contributed by atoms with Gasteiger partial charge < -0.3 is 10.4 Å². The molecule has 0 aromatic heterocycles. The molecule has 2 atom stereocenters. The number of allylic oxidation sites excluding steroid dienone is 2. The number of benzene rings is 1. The molecule has 0 bridgehead atoms. The average molecular weight is 320 g/mol. The van der Waals surface area contributed by atoms with Gasteiger partial charge in [-0.25, -0.2) is 4.39 Å². The van der Waals surface area contributed by atoms with Gasteiger partial charge in [0.25, 0.3) is 0 Å². The highest BCUT2D eigenvalue weighted by Gasteiger charge is 2.34. The van der Waals surface area contributed by atoms with Gasteiger partial charge in [0.2, 0.25) is 5.91 Å². The molecule has 2 rings (SSSR count). The number of amides is 1. The van der Waals surface area contributed by atoms with Crippen LogP contribution in [0.5, 0.6) is 0 Å². The number of thiocyanates is 1. The maximum absolute atomic E-state index is 13.9. The fraction of sp³-hybridized carbons (Fsp3) is 0.267. The minimum atomic E-state index is -1.04. The Morgan fingerprint density at radius 2 is 2.00 bits per heavy atom. The molecule has 1 aliphatic carbocycles.